The highest BCUT2D eigenvalue weighted by Gasteiger charge is 2.10. The van der Waals surface area contributed by atoms with Crippen molar-refractivity contribution in [2.75, 3.05) is 6.61 Å². The van der Waals surface area contributed by atoms with Crippen LogP contribution >= 0.6 is 23.2 Å². The fourth-order valence-electron chi connectivity index (χ4n) is 2.03. The van der Waals surface area contributed by atoms with Gasteiger partial charge in [0.1, 0.15) is 10.2 Å². The molecule has 0 aliphatic rings. The first-order chi connectivity index (χ1) is 11.0. The fraction of sp³-hybridized carbons (Fsp3) is 0.214. The quantitative estimate of drug-likeness (QED) is 0.650. The molecule has 5 nitrogen and oxygen atoms in total. The SMILES string of the molecule is FC(F)COc1ncc(Cn2cc3c(Cl)nccc3n2)cc1Cl. The van der Waals surface area contributed by atoms with Gasteiger partial charge in [0.05, 0.1) is 17.4 Å². The van der Waals surface area contributed by atoms with Crippen LogP contribution in [-0.4, -0.2) is 32.8 Å². The number of hydrogen-bond acceptors (Lipinski definition) is 4. The molecule has 120 valence electrons. The van der Waals surface area contributed by atoms with E-state index in [2.05, 4.69) is 15.1 Å². The third-order valence-electron chi connectivity index (χ3n) is 2.99. The minimum absolute atomic E-state index is 0.0198. The number of rotatable bonds is 5. The number of fused-ring (bicyclic) bond motifs is 1. The molecule has 3 aromatic heterocycles. The number of halogens is 4. The maximum atomic E-state index is 12.1. The Kier molecular flexibility index (Phi) is 4.58. The number of aromatic nitrogens is 4. The van der Waals surface area contributed by atoms with Crippen molar-refractivity contribution in [2.45, 2.75) is 13.0 Å². The standard InChI is InChI=1S/C14H10Cl2F2N4O/c15-10-3-8(4-20-14(10)23-7-12(17)18)5-22-6-9-11(21-22)1-2-19-13(9)16/h1-4,6,12H,5,7H2. The molecular weight excluding hydrogens is 349 g/mol. The highest BCUT2D eigenvalue weighted by Crippen LogP contribution is 2.24. The minimum atomic E-state index is -2.58. The molecule has 0 saturated carbocycles. The predicted octanol–water partition coefficient (Wildman–Crippen LogP) is 3.83. The summed E-state index contributed by atoms with van der Waals surface area (Å²) in [6.07, 6.45) is 2.26. The van der Waals surface area contributed by atoms with E-state index in [9.17, 15) is 8.78 Å². The van der Waals surface area contributed by atoms with E-state index >= 15 is 0 Å². The molecule has 0 spiro atoms. The van der Waals surface area contributed by atoms with Gasteiger partial charge < -0.3 is 4.74 Å². The first-order valence-electron chi connectivity index (χ1n) is 6.56. The Labute approximate surface area is 139 Å². The van der Waals surface area contributed by atoms with Crippen LogP contribution in [0.25, 0.3) is 10.9 Å². The molecule has 0 N–H and O–H groups in total. The second-order valence-corrected chi connectivity index (χ2v) is 5.46. The van der Waals surface area contributed by atoms with Gasteiger partial charge in [-0.1, -0.05) is 23.2 Å². The van der Waals surface area contributed by atoms with Gasteiger partial charge in [-0.05, 0) is 17.7 Å². The van der Waals surface area contributed by atoms with E-state index in [4.69, 9.17) is 27.9 Å². The summed E-state index contributed by atoms with van der Waals surface area (Å²) >= 11 is 12.0. The number of pyridine rings is 2. The summed E-state index contributed by atoms with van der Waals surface area (Å²) in [6.45, 7) is -0.352. The highest BCUT2D eigenvalue weighted by molar-refractivity contribution is 6.34. The Morgan fingerprint density at radius 3 is 2.78 bits per heavy atom. The van der Waals surface area contributed by atoms with E-state index < -0.39 is 13.0 Å². The second kappa shape index (κ2) is 6.64. The zero-order chi connectivity index (χ0) is 16.4. The monoisotopic (exact) mass is 358 g/mol. The van der Waals surface area contributed by atoms with Crippen molar-refractivity contribution in [1.29, 1.82) is 0 Å². The molecule has 23 heavy (non-hydrogen) atoms. The number of alkyl halides is 2. The first-order valence-corrected chi connectivity index (χ1v) is 7.31. The third-order valence-corrected chi connectivity index (χ3v) is 3.56. The van der Waals surface area contributed by atoms with Crippen LogP contribution in [0, 0.1) is 0 Å². The summed E-state index contributed by atoms with van der Waals surface area (Å²) < 4.78 is 30.8. The summed E-state index contributed by atoms with van der Waals surface area (Å²) in [5.74, 6) is -0.0198. The van der Waals surface area contributed by atoms with Crippen molar-refractivity contribution in [2.24, 2.45) is 0 Å². The van der Waals surface area contributed by atoms with Gasteiger partial charge in [-0.2, -0.15) is 5.10 Å². The van der Waals surface area contributed by atoms with Crippen LogP contribution in [0.15, 0.2) is 30.7 Å². The summed E-state index contributed by atoms with van der Waals surface area (Å²) in [5, 5.41) is 5.65. The molecule has 3 rings (SSSR count). The van der Waals surface area contributed by atoms with Crippen LogP contribution in [0.4, 0.5) is 8.78 Å². The molecule has 0 radical (unpaired) electrons. The van der Waals surface area contributed by atoms with Gasteiger partial charge in [-0.25, -0.2) is 18.7 Å². The molecule has 0 atom stereocenters. The van der Waals surface area contributed by atoms with Gasteiger partial charge in [0.25, 0.3) is 6.43 Å². The van der Waals surface area contributed by atoms with Crippen LogP contribution in [0.2, 0.25) is 10.2 Å². The predicted molar refractivity (Wildman–Crippen MR) is 82.4 cm³/mol. The summed E-state index contributed by atoms with van der Waals surface area (Å²) in [5.41, 5.74) is 1.47. The van der Waals surface area contributed by atoms with Crippen molar-refractivity contribution in [3.63, 3.8) is 0 Å². The van der Waals surface area contributed by atoms with Gasteiger partial charge >= 0.3 is 0 Å². The van der Waals surface area contributed by atoms with E-state index in [1.54, 1.807) is 29.2 Å². The minimum Gasteiger partial charge on any atom is -0.471 e. The molecule has 0 unspecified atom stereocenters. The average Bonchev–Trinajstić information content (AvgIpc) is 2.90. The summed E-state index contributed by atoms with van der Waals surface area (Å²) in [7, 11) is 0. The molecule has 0 aliphatic heterocycles. The van der Waals surface area contributed by atoms with Crippen molar-refractivity contribution in [3.05, 3.63) is 46.5 Å². The fourth-order valence-corrected chi connectivity index (χ4v) is 2.47. The Morgan fingerprint density at radius 2 is 2.09 bits per heavy atom. The van der Waals surface area contributed by atoms with Crippen molar-refractivity contribution in [3.8, 4) is 5.88 Å². The second-order valence-electron chi connectivity index (χ2n) is 4.69. The lowest BCUT2D eigenvalue weighted by Crippen LogP contribution is -2.09. The molecule has 3 heterocycles. The Balaban J connectivity index is 1.79. The molecular formula is C14H10Cl2F2N4O. The van der Waals surface area contributed by atoms with E-state index in [-0.39, 0.29) is 10.9 Å². The van der Waals surface area contributed by atoms with E-state index in [1.165, 1.54) is 6.20 Å². The largest absolute Gasteiger partial charge is 0.471 e. The van der Waals surface area contributed by atoms with Crippen LogP contribution in [0.1, 0.15) is 5.56 Å². The maximum Gasteiger partial charge on any atom is 0.272 e. The molecule has 9 heteroatoms. The van der Waals surface area contributed by atoms with Gasteiger partial charge in [0.2, 0.25) is 5.88 Å². The topological polar surface area (TPSA) is 52.8 Å². The van der Waals surface area contributed by atoms with Crippen molar-refractivity contribution < 1.29 is 13.5 Å². The lowest BCUT2D eigenvalue weighted by molar-refractivity contribution is 0.0796. The average molecular weight is 359 g/mol. The molecule has 0 aliphatic carbocycles. The van der Waals surface area contributed by atoms with Gasteiger partial charge in [-0.3, -0.25) is 4.68 Å². The highest BCUT2D eigenvalue weighted by atomic mass is 35.5. The molecule has 0 bridgehead atoms. The molecule has 0 saturated heterocycles. The molecule has 3 aromatic rings. The third kappa shape index (κ3) is 3.68. The normalized spacial score (nSPS) is 11.3. The lowest BCUT2D eigenvalue weighted by atomic mass is 10.3. The van der Waals surface area contributed by atoms with Crippen LogP contribution in [0.3, 0.4) is 0 Å². The summed E-state index contributed by atoms with van der Waals surface area (Å²) in [4.78, 5) is 7.94. The number of hydrogen-bond donors (Lipinski definition) is 0. The molecule has 0 amide bonds. The Morgan fingerprint density at radius 1 is 1.26 bits per heavy atom. The van der Waals surface area contributed by atoms with Crippen molar-refractivity contribution in [1.82, 2.24) is 19.7 Å². The van der Waals surface area contributed by atoms with E-state index in [0.29, 0.717) is 11.7 Å². The molecule has 0 aromatic carbocycles. The van der Waals surface area contributed by atoms with Gasteiger partial charge in [-0.15, -0.1) is 0 Å². The van der Waals surface area contributed by atoms with Gasteiger partial charge in [0.15, 0.2) is 6.61 Å². The van der Waals surface area contributed by atoms with Gasteiger partial charge in [0, 0.05) is 18.6 Å². The first kappa shape index (κ1) is 15.9. The molecule has 0 fully saturated rings. The zero-order valence-corrected chi connectivity index (χ0v) is 13.1. The summed E-state index contributed by atoms with van der Waals surface area (Å²) in [6, 6.07) is 3.35. The van der Waals surface area contributed by atoms with Crippen LogP contribution in [-0.2, 0) is 6.54 Å². The van der Waals surface area contributed by atoms with E-state index in [1.807, 2.05) is 0 Å². The Bertz CT molecular complexity index is 841. The Hall–Kier alpha value is -1.99. The smallest absolute Gasteiger partial charge is 0.272 e. The zero-order valence-electron chi connectivity index (χ0n) is 11.6. The van der Waals surface area contributed by atoms with Crippen molar-refractivity contribution >= 4 is 34.1 Å². The number of nitrogens with zero attached hydrogens (tertiary/aromatic N) is 4. The van der Waals surface area contributed by atoms with E-state index in [0.717, 1.165) is 16.5 Å². The van der Waals surface area contributed by atoms with Crippen LogP contribution in [0.5, 0.6) is 5.88 Å². The maximum absolute atomic E-state index is 12.1. The number of ether oxygens (including phenoxy) is 1. The lowest BCUT2D eigenvalue weighted by Gasteiger charge is -2.08. The van der Waals surface area contributed by atoms with Crippen LogP contribution < -0.4 is 4.74 Å².